The smallest absolute Gasteiger partial charge is 0.242 e. The van der Waals surface area contributed by atoms with Crippen molar-refractivity contribution in [3.63, 3.8) is 0 Å². The summed E-state index contributed by atoms with van der Waals surface area (Å²) >= 11 is 0. The van der Waals surface area contributed by atoms with Gasteiger partial charge in [0.05, 0.1) is 20.8 Å². The summed E-state index contributed by atoms with van der Waals surface area (Å²) in [7, 11) is 3.23. The first-order chi connectivity index (χ1) is 13.1. The predicted molar refractivity (Wildman–Crippen MR) is 110 cm³/mol. The molecule has 2 amide bonds. The van der Waals surface area contributed by atoms with Crippen molar-refractivity contribution in [2.24, 2.45) is 11.3 Å². The van der Waals surface area contributed by atoms with Gasteiger partial charge in [0.1, 0.15) is 0 Å². The van der Waals surface area contributed by atoms with E-state index in [1.165, 1.54) is 5.56 Å². The molecule has 0 spiro atoms. The Balaban J connectivity index is 2.15. The van der Waals surface area contributed by atoms with Crippen LogP contribution in [-0.4, -0.2) is 55.5 Å². The molecule has 6 nitrogen and oxygen atoms in total. The summed E-state index contributed by atoms with van der Waals surface area (Å²) in [5.74, 6) is 1.68. The number of ether oxygens (including phenoxy) is 2. The second-order valence-corrected chi connectivity index (χ2v) is 8.87. The van der Waals surface area contributed by atoms with E-state index in [2.05, 4.69) is 13.8 Å². The minimum atomic E-state index is -0.506. The van der Waals surface area contributed by atoms with Crippen LogP contribution in [-0.2, 0) is 22.6 Å². The highest BCUT2D eigenvalue weighted by Crippen LogP contribution is 2.33. The topological polar surface area (TPSA) is 59.1 Å². The lowest BCUT2D eigenvalue weighted by molar-refractivity contribution is -0.146. The lowest BCUT2D eigenvalue weighted by Crippen LogP contribution is -2.48. The van der Waals surface area contributed by atoms with E-state index in [1.54, 1.807) is 19.1 Å². The lowest BCUT2D eigenvalue weighted by atomic mass is 9.94. The zero-order chi connectivity index (χ0) is 21.1. The molecule has 0 atom stereocenters. The van der Waals surface area contributed by atoms with Crippen molar-refractivity contribution in [1.29, 1.82) is 0 Å². The van der Waals surface area contributed by atoms with Gasteiger partial charge in [0, 0.05) is 25.0 Å². The fourth-order valence-corrected chi connectivity index (χ4v) is 3.49. The zero-order valence-corrected chi connectivity index (χ0v) is 18.3. The van der Waals surface area contributed by atoms with E-state index >= 15 is 0 Å². The largest absolute Gasteiger partial charge is 0.493 e. The van der Waals surface area contributed by atoms with E-state index in [1.807, 2.05) is 37.8 Å². The van der Waals surface area contributed by atoms with E-state index in [9.17, 15) is 9.59 Å². The van der Waals surface area contributed by atoms with Crippen LogP contribution in [0.15, 0.2) is 12.1 Å². The van der Waals surface area contributed by atoms with Gasteiger partial charge in [-0.2, -0.15) is 0 Å². The van der Waals surface area contributed by atoms with Crippen LogP contribution in [0.5, 0.6) is 11.5 Å². The van der Waals surface area contributed by atoms with Gasteiger partial charge in [-0.25, -0.2) is 0 Å². The molecule has 1 aromatic rings. The maximum absolute atomic E-state index is 13.0. The highest BCUT2D eigenvalue weighted by Gasteiger charge is 2.31. The summed E-state index contributed by atoms with van der Waals surface area (Å²) in [4.78, 5) is 29.3. The second-order valence-electron chi connectivity index (χ2n) is 8.87. The second kappa shape index (κ2) is 8.84. The van der Waals surface area contributed by atoms with Crippen molar-refractivity contribution in [2.45, 2.75) is 47.6 Å². The minimum absolute atomic E-state index is 0.0124. The first-order valence-corrected chi connectivity index (χ1v) is 9.87. The normalized spacial score (nSPS) is 13.9. The molecule has 0 fully saturated rings. The Morgan fingerprint density at radius 3 is 2.18 bits per heavy atom. The molecule has 1 aliphatic rings. The molecular formula is C22H34N2O4. The van der Waals surface area contributed by atoms with Crippen LogP contribution >= 0.6 is 0 Å². The first-order valence-electron chi connectivity index (χ1n) is 9.87. The number of methoxy groups -OCH3 is 2. The number of fused-ring (bicyclic) bond motifs is 1. The van der Waals surface area contributed by atoms with Crippen LogP contribution in [0, 0.1) is 11.3 Å². The Morgan fingerprint density at radius 1 is 1.11 bits per heavy atom. The molecule has 1 aromatic carbocycles. The maximum Gasteiger partial charge on any atom is 0.242 e. The van der Waals surface area contributed by atoms with E-state index in [4.69, 9.17) is 9.47 Å². The maximum atomic E-state index is 13.0. The molecule has 0 saturated carbocycles. The molecule has 0 aromatic heterocycles. The quantitative estimate of drug-likeness (QED) is 0.749. The van der Waals surface area contributed by atoms with E-state index in [-0.39, 0.29) is 18.4 Å². The zero-order valence-electron chi connectivity index (χ0n) is 18.3. The Hall–Kier alpha value is -2.24. The number of hydrogen-bond acceptors (Lipinski definition) is 4. The van der Waals surface area contributed by atoms with Gasteiger partial charge in [0.2, 0.25) is 11.8 Å². The molecule has 0 bridgehead atoms. The van der Waals surface area contributed by atoms with Gasteiger partial charge in [-0.3, -0.25) is 9.59 Å². The van der Waals surface area contributed by atoms with Crippen LogP contribution in [0.25, 0.3) is 0 Å². The minimum Gasteiger partial charge on any atom is -0.493 e. The van der Waals surface area contributed by atoms with Crippen LogP contribution in [0.2, 0.25) is 0 Å². The molecule has 0 saturated heterocycles. The molecule has 0 aliphatic carbocycles. The molecule has 2 rings (SSSR count). The Labute approximate surface area is 168 Å². The summed E-state index contributed by atoms with van der Waals surface area (Å²) in [6.45, 7) is 11.7. The monoisotopic (exact) mass is 390 g/mol. The lowest BCUT2D eigenvalue weighted by Gasteiger charge is -2.34. The fourth-order valence-electron chi connectivity index (χ4n) is 3.49. The van der Waals surface area contributed by atoms with E-state index in [0.717, 1.165) is 12.0 Å². The fraction of sp³-hybridized carbons (Fsp3) is 0.636. The third-order valence-electron chi connectivity index (χ3n) is 4.91. The van der Waals surface area contributed by atoms with Crippen molar-refractivity contribution in [3.8, 4) is 11.5 Å². The SMILES string of the molecule is COc1cc2c(cc1OC)CN(C(=O)CN(CC(C)C)C(=O)C(C)(C)C)CC2. The molecule has 0 N–H and O–H groups in total. The number of nitrogens with zero attached hydrogens (tertiary/aromatic N) is 2. The van der Waals surface area contributed by atoms with Gasteiger partial charge >= 0.3 is 0 Å². The molecule has 1 aliphatic heterocycles. The van der Waals surface area contributed by atoms with E-state index in [0.29, 0.717) is 37.1 Å². The molecular weight excluding hydrogens is 356 g/mol. The van der Waals surface area contributed by atoms with Crippen LogP contribution in [0.4, 0.5) is 0 Å². The standard InChI is InChI=1S/C22H34N2O4/c1-15(2)12-24(21(26)22(3,4)5)14-20(25)23-9-8-16-10-18(27-6)19(28-7)11-17(16)13-23/h10-11,15H,8-9,12-14H2,1-7H3. The van der Waals surface area contributed by atoms with Crippen molar-refractivity contribution in [3.05, 3.63) is 23.3 Å². The van der Waals surface area contributed by atoms with Crippen LogP contribution in [0.1, 0.15) is 45.7 Å². The molecule has 28 heavy (non-hydrogen) atoms. The van der Waals surface area contributed by atoms with E-state index < -0.39 is 5.41 Å². The summed E-state index contributed by atoms with van der Waals surface area (Å²) in [6, 6.07) is 3.93. The Kier molecular flexibility index (Phi) is 6.96. The van der Waals surface area contributed by atoms with Crippen molar-refractivity contribution >= 4 is 11.8 Å². The predicted octanol–water partition coefficient (Wildman–Crippen LogP) is 3.12. The Bertz CT molecular complexity index is 722. The molecule has 156 valence electrons. The number of carbonyl (C=O) groups excluding carboxylic acids is 2. The number of amides is 2. The van der Waals surface area contributed by atoms with Crippen LogP contribution in [0.3, 0.4) is 0 Å². The summed E-state index contributed by atoms with van der Waals surface area (Å²) in [5.41, 5.74) is 1.73. The third-order valence-corrected chi connectivity index (χ3v) is 4.91. The first kappa shape index (κ1) is 22.1. The highest BCUT2D eigenvalue weighted by atomic mass is 16.5. The molecule has 0 unspecified atom stereocenters. The highest BCUT2D eigenvalue weighted by molar-refractivity contribution is 5.87. The summed E-state index contributed by atoms with van der Waals surface area (Å²) < 4.78 is 10.8. The summed E-state index contributed by atoms with van der Waals surface area (Å²) in [5, 5.41) is 0. The molecule has 6 heteroatoms. The average Bonchev–Trinajstić information content (AvgIpc) is 2.63. The van der Waals surface area contributed by atoms with Gasteiger partial charge in [0.25, 0.3) is 0 Å². The average molecular weight is 391 g/mol. The number of benzene rings is 1. The third kappa shape index (κ3) is 5.18. The van der Waals surface area contributed by atoms with Gasteiger partial charge in [-0.05, 0) is 35.6 Å². The molecule has 0 radical (unpaired) electrons. The van der Waals surface area contributed by atoms with Crippen molar-refractivity contribution in [1.82, 2.24) is 9.80 Å². The van der Waals surface area contributed by atoms with Gasteiger partial charge in [0.15, 0.2) is 11.5 Å². The van der Waals surface area contributed by atoms with Crippen LogP contribution < -0.4 is 9.47 Å². The van der Waals surface area contributed by atoms with Gasteiger partial charge in [-0.1, -0.05) is 34.6 Å². The van der Waals surface area contributed by atoms with Crippen molar-refractivity contribution < 1.29 is 19.1 Å². The number of carbonyl (C=O) groups is 2. The Morgan fingerprint density at radius 2 is 1.68 bits per heavy atom. The summed E-state index contributed by atoms with van der Waals surface area (Å²) in [6.07, 6.45) is 0.763. The number of hydrogen-bond donors (Lipinski definition) is 0. The number of rotatable bonds is 6. The van der Waals surface area contributed by atoms with Gasteiger partial charge < -0.3 is 19.3 Å². The van der Waals surface area contributed by atoms with Crippen molar-refractivity contribution in [2.75, 3.05) is 33.9 Å². The van der Waals surface area contributed by atoms with Gasteiger partial charge in [-0.15, -0.1) is 0 Å². The molecule has 1 heterocycles.